The van der Waals surface area contributed by atoms with Gasteiger partial charge in [0.25, 0.3) is 0 Å². The first kappa shape index (κ1) is 16.1. The molecule has 0 heterocycles. The Labute approximate surface area is 125 Å². The van der Waals surface area contributed by atoms with Gasteiger partial charge >= 0.3 is 5.97 Å². The van der Waals surface area contributed by atoms with Gasteiger partial charge in [-0.1, -0.05) is 0 Å². The standard InChI is InChI=1S/C14H14BrNO4/c1-4-20-14(17)10(8-16)5-9-6-11(15)13(19-3)7-12(9)18-2/h5-7H,4H2,1-3H3/b10-5+. The molecule has 1 rings (SSSR count). The van der Waals surface area contributed by atoms with E-state index >= 15 is 0 Å². The van der Waals surface area contributed by atoms with E-state index in [1.807, 2.05) is 6.07 Å². The topological polar surface area (TPSA) is 68.6 Å². The molecule has 0 atom stereocenters. The summed E-state index contributed by atoms with van der Waals surface area (Å²) in [5, 5.41) is 9.02. The maximum atomic E-state index is 11.6. The van der Waals surface area contributed by atoms with Gasteiger partial charge in [0.05, 0.1) is 25.3 Å². The smallest absolute Gasteiger partial charge is 0.348 e. The highest BCUT2D eigenvalue weighted by Crippen LogP contribution is 2.34. The number of hydrogen-bond acceptors (Lipinski definition) is 5. The zero-order chi connectivity index (χ0) is 15.1. The predicted molar refractivity (Wildman–Crippen MR) is 77.5 cm³/mol. The van der Waals surface area contributed by atoms with Crippen LogP contribution in [0.25, 0.3) is 6.08 Å². The lowest BCUT2D eigenvalue weighted by Crippen LogP contribution is -2.06. The van der Waals surface area contributed by atoms with Crippen molar-refractivity contribution >= 4 is 28.0 Å². The van der Waals surface area contributed by atoms with Gasteiger partial charge in [-0.3, -0.25) is 0 Å². The number of hydrogen-bond donors (Lipinski definition) is 0. The Hall–Kier alpha value is -2.00. The van der Waals surface area contributed by atoms with Gasteiger partial charge in [-0.25, -0.2) is 4.79 Å². The molecule has 0 fully saturated rings. The molecule has 0 N–H and O–H groups in total. The summed E-state index contributed by atoms with van der Waals surface area (Å²) in [6, 6.07) is 5.18. The van der Waals surface area contributed by atoms with Crippen LogP contribution in [0.15, 0.2) is 22.2 Å². The van der Waals surface area contributed by atoms with Crippen LogP contribution < -0.4 is 9.47 Å². The van der Waals surface area contributed by atoms with Crippen LogP contribution in [0.5, 0.6) is 11.5 Å². The molecule has 0 aromatic heterocycles. The van der Waals surface area contributed by atoms with E-state index in [4.69, 9.17) is 19.5 Å². The number of methoxy groups -OCH3 is 2. The van der Waals surface area contributed by atoms with Gasteiger partial charge in [-0.2, -0.15) is 5.26 Å². The summed E-state index contributed by atoms with van der Waals surface area (Å²) in [5.74, 6) is 0.416. The first-order valence-corrected chi connectivity index (χ1v) is 6.57. The van der Waals surface area contributed by atoms with E-state index in [1.165, 1.54) is 20.3 Å². The summed E-state index contributed by atoms with van der Waals surface area (Å²) in [6.07, 6.45) is 1.42. The number of esters is 1. The quantitative estimate of drug-likeness (QED) is 0.468. The minimum atomic E-state index is -0.663. The average molecular weight is 340 g/mol. The Balaban J connectivity index is 3.28. The lowest BCUT2D eigenvalue weighted by atomic mass is 10.1. The van der Waals surface area contributed by atoms with Gasteiger partial charge in [-0.05, 0) is 35.0 Å². The summed E-state index contributed by atoms with van der Waals surface area (Å²) in [7, 11) is 3.03. The van der Waals surface area contributed by atoms with Gasteiger partial charge < -0.3 is 14.2 Å². The fraction of sp³-hybridized carbons (Fsp3) is 0.286. The first-order valence-electron chi connectivity index (χ1n) is 5.77. The van der Waals surface area contributed by atoms with Gasteiger partial charge in [0.1, 0.15) is 23.1 Å². The van der Waals surface area contributed by atoms with E-state index in [1.54, 1.807) is 19.1 Å². The van der Waals surface area contributed by atoms with E-state index in [0.29, 0.717) is 21.5 Å². The number of nitriles is 1. The van der Waals surface area contributed by atoms with Gasteiger partial charge in [0.15, 0.2) is 0 Å². The normalized spacial score (nSPS) is 10.7. The van der Waals surface area contributed by atoms with Crippen LogP contribution in [0, 0.1) is 11.3 Å². The molecule has 0 saturated heterocycles. The third kappa shape index (κ3) is 3.75. The second kappa shape index (κ2) is 7.56. The molecule has 5 nitrogen and oxygen atoms in total. The summed E-state index contributed by atoms with van der Waals surface area (Å²) in [5.41, 5.74) is 0.479. The van der Waals surface area contributed by atoms with E-state index in [9.17, 15) is 4.79 Å². The van der Waals surface area contributed by atoms with Crippen molar-refractivity contribution in [3.8, 4) is 17.6 Å². The summed E-state index contributed by atoms with van der Waals surface area (Å²) in [4.78, 5) is 11.6. The van der Waals surface area contributed by atoms with Gasteiger partial charge in [0, 0.05) is 11.6 Å². The molecule has 106 valence electrons. The van der Waals surface area contributed by atoms with E-state index in [2.05, 4.69) is 15.9 Å². The van der Waals surface area contributed by atoms with Crippen molar-refractivity contribution < 1.29 is 19.0 Å². The molecule has 0 aliphatic heterocycles. The lowest BCUT2D eigenvalue weighted by molar-refractivity contribution is -0.137. The van der Waals surface area contributed by atoms with E-state index in [0.717, 1.165) is 0 Å². The third-order valence-corrected chi connectivity index (χ3v) is 3.04. The minimum absolute atomic E-state index is 0.0952. The van der Waals surface area contributed by atoms with Crippen molar-refractivity contribution in [1.29, 1.82) is 5.26 Å². The van der Waals surface area contributed by atoms with Crippen LogP contribution in [0.1, 0.15) is 12.5 Å². The molecule has 0 saturated carbocycles. The van der Waals surface area contributed by atoms with Crippen molar-refractivity contribution in [2.24, 2.45) is 0 Å². The monoisotopic (exact) mass is 339 g/mol. The van der Waals surface area contributed by atoms with Crippen LogP contribution >= 0.6 is 15.9 Å². The number of ether oxygens (including phenoxy) is 3. The fourth-order valence-corrected chi connectivity index (χ4v) is 2.02. The Kier molecular flexibility index (Phi) is 6.07. The number of rotatable bonds is 5. The number of carbonyl (C=O) groups excluding carboxylic acids is 1. The summed E-state index contributed by atoms with van der Waals surface area (Å²) >= 11 is 3.34. The molecule has 0 aliphatic carbocycles. The fourth-order valence-electron chi connectivity index (χ4n) is 1.50. The van der Waals surface area contributed by atoms with E-state index in [-0.39, 0.29) is 12.2 Å². The molecule has 1 aromatic rings. The number of nitrogens with zero attached hydrogens (tertiary/aromatic N) is 1. The largest absolute Gasteiger partial charge is 0.496 e. The van der Waals surface area contributed by atoms with E-state index < -0.39 is 5.97 Å². The van der Waals surface area contributed by atoms with Crippen LogP contribution in [-0.4, -0.2) is 26.8 Å². The second-order valence-corrected chi connectivity index (χ2v) is 4.47. The molecule has 0 radical (unpaired) electrons. The van der Waals surface area contributed by atoms with Crippen LogP contribution in [0.2, 0.25) is 0 Å². The maximum Gasteiger partial charge on any atom is 0.348 e. The van der Waals surface area contributed by atoms with Gasteiger partial charge in [-0.15, -0.1) is 0 Å². The number of halogens is 1. The summed E-state index contributed by atoms with van der Waals surface area (Å²) < 4.78 is 15.9. The predicted octanol–water partition coefficient (Wildman–Crippen LogP) is 2.94. The Morgan fingerprint density at radius 1 is 1.35 bits per heavy atom. The molecular weight excluding hydrogens is 326 g/mol. The molecule has 1 aromatic carbocycles. The molecule has 6 heteroatoms. The van der Waals surface area contributed by atoms with Crippen molar-refractivity contribution in [2.45, 2.75) is 6.92 Å². The zero-order valence-electron chi connectivity index (χ0n) is 11.4. The van der Waals surface area contributed by atoms with Crippen molar-refractivity contribution in [1.82, 2.24) is 0 Å². The van der Waals surface area contributed by atoms with Gasteiger partial charge in [0.2, 0.25) is 0 Å². The van der Waals surface area contributed by atoms with Crippen LogP contribution in [0.3, 0.4) is 0 Å². The van der Waals surface area contributed by atoms with Crippen molar-refractivity contribution in [3.63, 3.8) is 0 Å². The number of benzene rings is 1. The zero-order valence-corrected chi connectivity index (χ0v) is 13.0. The lowest BCUT2D eigenvalue weighted by Gasteiger charge is -2.10. The SMILES string of the molecule is CCOC(=O)/C(C#N)=C/c1cc(Br)c(OC)cc1OC. The molecular formula is C14H14BrNO4. The van der Waals surface area contributed by atoms with Crippen LogP contribution in [0.4, 0.5) is 0 Å². The number of carbonyl (C=O) groups is 1. The summed E-state index contributed by atoms with van der Waals surface area (Å²) in [6.45, 7) is 1.89. The highest BCUT2D eigenvalue weighted by atomic mass is 79.9. The Bertz CT molecular complexity index is 575. The maximum absolute atomic E-state index is 11.6. The average Bonchev–Trinajstić information content (AvgIpc) is 2.45. The molecule has 0 spiro atoms. The molecule has 0 amide bonds. The molecule has 0 aliphatic rings. The molecule has 0 unspecified atom stereocenters. The highest BCUT2D eigenvalue weighted by molar-refractivity contribution is 9.10. The Morgan fingerprint density at radius 2 is 2.00 bits per heavy atom. The van der Waals surface area contributed by atoms with Crippen molar-refractivity contribution in [3.05, 3.63) is 27.7 Å². The highest BCUT2D eigenvalue weighted by Gasteiger charge is 2.13. The molecule has 0 bridgehead atoms. The van der Waals surface area contributed by atoms with Crippen molar-refractivity contribution in [2.75, 3.05) is 20.8 Å². The Morgan fingerprint density at radius 3 is 2.50 bits per heavy atom. The first-order chi connectivity index (χ1) is 9.57. The minimum Gasteiger partial charge on any atom is -0.496 e. The second-order valence-electron chi connectivity index (χ2n) is 3.62. The van der Waals surface area contributed by atoms with Crippen LogP contribution in [-0.2, 0) is 9.53 Å². The molecule has 20 heavy (non-hydrogen) atoms. The third-order valence-electron chi connectivity index (χ3n) is 2.42.